The van der Waals surface area contributed by atoms with Crippen LogP contribution in [0.5, 0.6) is 5.75 Å². The molecule has 9 nitrogen and oxygen atoms in total. The monoisotopic (exact) mass is 327 g/mol. The zero-order chi connectivity index (χ0) is 16.7. The quantitative estimate of drug-likeness (QED) is 0.432. The molecule has 3 aromatic rings. The Labute approximate surface area is 135 Å². The molecule has 1 aliphatic rings. The molecule has 122 valence electrons. The highest BCUT2D eigenvalue weighted by molar-refractivity contribution is 6.05. The van der Waals surface area contributed by atoms with E-state index in [1.165, 1.54) is 18.6 Å². The number of phenols is 1. The summed E-state index contributed by atoms with van der Waals surface area (Å²) in [6.07, 6.45) is 6.28. The number of phenolic OH excluding ortho intramolecular Hbond substituents is 1. The van der Waals surface area contributed by atoms with Crippen molar-refractivity contribution >= 4 is 28.8 Å². The second kappa shape index (κ2) is 5.44. The molecule has 0 amide bonds. The summed E-state index contributed by atoms with van der Waals surface area (Å²) in [5, 5.41) is 28.5. The molecule has 0 atom stereocenters. The number of hydrogen-bond donors (Lipinski definition) is 2. The number of fused-ring (bicyclic) bond motifs is 3. The van der Waals surface area contributed by atoms with E-state index >= 15 is 0 Å². The summed E-state index contributed by atoms with van der Waals surface area (Å²) in [7, 11) is 0. The first-order valence-electron chi connectivity index (χ1n) is 7.49. The standard InChI is InChI=1S/C15H13N5O4/c21-14-9(6-16-15-17-7-18-19-15)13-8-3-1-2-4-11(8)24-12(13)5-10(14)20(22)23/h5-7,21H,1-4H2,(H,17,18,19). The van der Waals surface area contributed by atoms with Gasteiger partial charge in [-0.05, 0) is 19.3 Å². The molecule has 0 bridgehead atoms. The van der Waals surface area contributed by atoms with Gasteiger partial charge in [-0.15, -0.1) is 0 Å². The number of nitro benzene ring substituents is 1. The van der Waals surface area contributed by atoms with Gasteiger partial charge >= 0.3 is 5.69 Å². The number of hydrogen-bond acceptors (Lipinski definition) is 7. The molecule has 0 fully saturated rings. The zero-order valence-corrected chi connectivity index (χ0v) is 12.5. The van der Waals surface area contributed by atoms with Crippen LogP contribution >= 0.6 is 0 Å². The highest BCUT2D eigenvalue weighted by atomic mass is 16.6. The third kappa shape index (κ3) is 2.21. The van der Waals surface area contributed by atoms with Crippen molar-refractivity contribution in [1.82, 2.24) is 15.2 Å². The van der Waals surface area contributed by atoms with E-state index in [1.807, 2.05) is 0 Å². The van der Waals surface area contributed by atoms with Crippen LogP contribution in [0.2, 0.25) is 0 Å². The van der Waals surface area contributed by atoms with Crippen molar-refractivity contribution in [3.05, 3.63) is 39.4 Å². The fourth-order valence-corrected chi connectivity index (χ4v) is 3.08. The molecule has 2 heterocycles. The van der Waals surface area contributed by atoms with Crippen LogP contribution in [0.3, 0.4) is 0 Å². The van der Waals surface area contributed by atoms with E-state index in [1.54, 1.807) is 0 Å². The Bertz CT molecular complexity index is 958. The van der Waals surface area contributed by atoms with Gasteiger partial charge in [0.1, 0.15) is 17.7 Å². The largest absolute Gasteiger partial charge is 0.502 e. The predicted molar refractivity (Wildman–Crippen MR) is 84.8 cm³/mol. The highest BCUT2D eigenvalue weighted by Gasteiger charge is 2.27. The highest BCUT2D eigenvalue weighted by Crippen LogP contribution is 2.41. The Morgan fingerprint density at radius 1 is 1.42 bits per heavy atom. The minimum atomic E-state index is -0.637. The van der Waals surface area contributed by atoms with E-state index in [-0.39, 0.29) is 11.5 Å². The molecule has 9 heteroatoms. The average Bonchev–Trinajstić information content (AvgIpc) is 3.20. The number of benzene rings is 1. The topological polar surface area (TPSA) is 130 Å². The number of nitrogens with one attached hydrogen (secondary N) is 1. The van der Waals surface area contributed by atoms with E-state index < -0.39 is 16.4 Å². The fourth-order valence-electron chi connectivity index (χ4n) is 3.08. The number of aryl methyl sites for hydroxylation is 2. The first-order valence-corrected chi connectivity index (χ1v) is 7.49. The van der Waals surface area contributed by atoms with E-state index in [0.29, 0.717) is 11.0 Å². The molecule has 0 unspecified atom stereocenters. The third-order valence-corrected chi connectivity index (χ3v) is 4.15. The van der Waals surface area contributed by atoms with E-state index in [9.17, 15) is 15.2 Å². The number of aliphatic imine (C=N–C) groups is 1. The van der Waals surface area contributed by atoms with Crippen molar-refractivity contribution in [1.29, 1.82) is 0 Å². The molecule has 0 aliphatic heterocycles. The lowest BCUT2D eigenvalue weighted by atomic mass is 9.93. The van der Waals surface area contributed by atoms with Gasteiger partial charge in [-0.3, -0.25) is 10.1 Å². The lowest BCUT2D eigenvalue weighted by Crippen LogP contribution is -2.00. The maximum Gasteiger partial charge on any atom is 0.315 e. The summed E-state index contributed by atoms with van der Waals surface area (Å²) < 4.78 is 5.80. The van der Waals surface area contributed by atoms with Crippen LogP contribution in [-0.2, 0) is 12.8 Å². The number of nitro groups is 1. The summed E-state index contributed by atoms with van der Waals surface area (Å²) in [6, 6.07) is 1.27. The van der Waals surface area contributed by atoms with Gasteiger partial charge in [-0.2, -0.15) is 10.1 Å². The molecule has 1 aliphatic carbocycles. The predicted octanol–water partition coefficient (Wildman–Crippen LogP) is 2.79. The van der Waals surface area contributed by atoms with Crippen LogP contribution < -0.4 is 0 Å². The average molecular weight is 327 g/mol. The van der Waals surface area contributed by atoms with Crippen LogP contribution in [0.25, 0.3) is 11.0 Å². The number of rotatable bonds is 3. The number of aromatic hydroxyl groups is 1. The number of aromatic amines is 1. The summed E-state index contributed by atoms with van der Waals surface area (Å²) in [5.41, 5.74) is 1.24. The smallest absolute Gasteiger partial charge is 0.315 e. The normalized spacial score (nSPS) is 14.3. The number of aromatic nitrogens is 3. The lowest BCUT2D eigenvalue weighted by molar-refractivity contribution is -0.385. The van der Waals surface area contributed by atoms with Crippen molar-refractivity contribution in [2.75, 3.05) is 0 Å². The van der Waals surface area contributed by atoms with Crippen LogP contribution in [0.15, 0.2) is 21.8 Å². The van der Waals surface area contributed by atoms with Crippen molar-refractivity contribution in [3.8, 4) is 5.75 Å². The van der Waals surface area contributed by atoms with Gasteiger partial charge in [0.05, 0.1) is 16.6 Å². The molecule has 0 spiro atoms. The molecule has 0 saturated heterocycles. The molecule has 4 rings (SSSR count). The van der Waals surface area contributed by atoms with Crippen LogP contribution in [0, 0.1) is 10.1 Å². The Morgan fingerprint density at radius 2 is 2.25 bits per heavy atom. The molecule has 0 radical (unpaired) electrons. The lowest BCUT2D eigenvalue weighted by Gasteiger charge is -2.09. The summed E-state index contributed by atoms with van der Waals surface area (Å²) in [5.74, 6) is 0.641. The van der Waals surface area contributed by atoms with Gasteiger partial charge in [-0.25, -0.2) is 10.1 Å². The van der Waals surface area contributed by atoms with Crippen LogP contribution in [0.4, 0.5) is 11.6 Å². The molecular formula is C15H13N5O4. The third-order valence-electron chi connectivity index (χ3n) is 4.15. The minimum absolute atomic E-state index is 0.242. The van der Waals surface area contributed by atoms with Crippen molar-refractivity contribution in [2.45, 2.75) is 25.7 Å². The summed E-state index contributed by atoms with van der Waals surface area (Å²) in [4.78, 5) is 18.6. The maximum absolute atomic E-state index is 11.2. The Balaban J connectivity index is 1.98. The maximum atomic E-state index is 11.2. The van der Waals surface area contributed by atoms with Crippen LogP contribution in [0.1, 0.15) is 29.7 Å². The van der Waals surface area contributed by atoms with Gasteiger partial charge in [-0.1, -0.05) is 0 Å². The SMILES string of the molecule is O=[N+]([O-])c1cc2oc3c(c2c(C=Nc2ncn[nH]2)c1O)CCCC3. The molecule has 2 N–H and O–H groups in total. The van der Waals surface area contributed by atoms with Crippen molar-refractivity contribution in [2.24, 2.45) is 4.99 Å². The van der Waals surface area contributed by atoms with Gasteiger partial charge < -0.3 is 9.52 Å². The Morgan fingerprint density at radius 3 is 3.00 bits per heavy atom. The Hall–Kier alpha value is -3.23. The number of furan rings is 1. The van der Waals surface area contributed by atoms with Gasteiger partial charge in [0.15, 0.2) is 0 Å². The first-order chi connectivity index (χ1) is 11.6. The second-order valence-corrected chi connectivity index (χ2v) is 5.57. The summed E-state index contributed by atoms with van der Waals surface area (Å²) in [6.45, 7) is 0. The number of H-pyrrole nitrogens is 1. The fraction of sp³-hybridized carbons (Fsp3) is 0.267. The molecule has 24 heavy (non-hydrogen) atoms. The van der Waals surface area contributed by atoms with Crippen LogP contribution in [-0.4, -0.2) is 31.4 Å². The summed E-state index contributed by atoms with van der Waals surface area (Å²) >= 11 is 0. The van der Waals surface area contributed by atoms with E-state index in [2.05, 4.69) is 20.2 Å². The molecular weight excluding hydrogens is 314 g/mol. The zero-order valence-electron chi connectivity index (χ0n) is 12.5. The van der Waals surface area contributed by atoms with Crippen molar-refractivity contribution < 1.29 is 14.4 Å². The molecule has 1 aromatic carbocycles. The van der Waals surface area contributed by atoms with Gasteiger partial charge in [0.2, 0.25) is 11.7 Å². The number of nitrogens with zero attached hydrogens (tertiary/aromatic N) is 4. The van der Waals surface area contributed by atoms with E-state index in [4.69, 9.17) is 4.42 Å². The second-order valence-electron chi connectivity index (χ2n) is 5.57. The molecule has 0 saturated carbocycles. The van der Waals surface area contributed by atoms with Crippen molar-refractivity contribution in [3.63, 3.8) is 0 Å². The van der Waals surface area contributed by atoms with Gasteiger partial charge in [0.25, 0.3) is 0 Å². The first kappa shape index (κ1) is 14.4. The van der Waals surface area contributed by atoms with Gasteiger partial charge in [0, 0.05) is 23.6 Å². The molecule has 2 aromatic heterocycles. The Kier molecular flexibility index (Phi) is 3.26. The minimum Gasteiger partial charge on any atom is -0.502 e. The van der Waals surface area contributed by atoms with E-state index in [0.717, 1.165) is 37.0 Å².